The van der Waals surface area contributed by atoms with Crippen LogP contribution in [0.3, 0.4) is 0 Å². The normalized spacial score (nSPS) is 11.4. The maximum absolute atomic E-state index is 11.1. The quantitative estimate of drug-likeness (QED) is 0.845. The van der Waals surface area contributed by atoms with E-state index in [0.29, 0.717) is 6.42 Å². The molecule has 0 aromatic heterocycles. The van der Waals surface area contributed by atoms with Crippen molar-refractivity contribution < 1.29 is 18.3 Å². The zero-order valence-corrected chi connectivity index (χ0v) is 10.2. The lowest BCUT2D eigenvalue weighted by molar-refractivity contribution is 0.0692. The first-order valence-electron chi connectivity index (χ1n) is 4.67. The highest BCUT2D eigenvalue weighted by molar-refractivity contribution is 8.13. The van der Waals surface area contributed by atoms with E-state index in [9.17, 15) is 13.2 Å². The number of carbonyl (C=O) groups is 1. The van der Waals surface area contributed by atoms with E-state index in [1.54, 1.807) is 6.07 Å². The molecule has 0 heterocycles. The summed E-state index contributed by atoms with van der Waals surface area (Å²) in [6.07, 6.45) is 1.55. The first-order valence-corrected chi connectivity index (χ1v) is 6.98. The van der Waals surface area contributed by atoms with Crippen LogP contribution in [-0.4, -0.2) is 19.5 Å². The summed E-state index contributed by atoms with van der Waals surface area (Å²) in [7, 11) is 1.13. The minimum atomic E-state index is -4.02. The number of rotatable bonds is 4. The molecule has 0 bridgehead atoms. The van der Waals surface area contributed by atoms with Crippen molar-refractivity contribution in [2.24, 2.45) is 0 Å². The number of halogens is 1. The predicted molar refractivity (Wildman–Crippen MR) is 60.4 cm³/mol. The molecule has 4 nitrogen and oxygen atoms in total. The summed E-state index contributed by atoms with van der Waals surface area (Å²) < 4.78 is 22.3. The first kappa shape index (κ1) is 13.0. The molecular formula is C10H11ClO4S. The number of aromatic carboxylic acids is 1. The van der Waals surface area contributed by atoms with Gasteiger partial charge in [-0.25, -0.2) is 13.2 Å². The summed E-state index contributed by atoms with van der Waals surface area (Å²) in [5, 5.41) is 8.90. The largest absolute Gasteiger partial charge is 0.478 e. The number of carboxylic acids is 1. The summed E-state index contributed by atoms with van der Waals surface area (Å²) >= 11 is 0. The van der Waals surface area contributed by atoms with E-state index in [2.05, 4.69) is 0 Å². The van der Waals surface area contributed by atoms with E-state index in [1.165, 1.54) is 12.1 Å². The Morgan fingerprint density at radius 1 is 1.44 bits per heavy atom. The molecule has 0 saturated carbocycles. The fraction of sp³-hybridized carbons (Fsp3) is 0.300. The average molecular weight is 263 g/mol. The van der Waals surface area contributed by atoms with E-state index in [4.69, 9.17) is 15.8 Å². The molecule has 0 saturated heterocycles. The second-order valence-corrected chi connectivity index (χ2v) is 5.86. The van der Waals surface area contributed by atoms with Crippen LogP contribution in [0.25, 0.3) is 0 Å². The van der Waals surface area contributed by atoms with Crippen molar-refractivity contribution in [3.8, 4) is 0 Å². The van der Waals surface area contributed by atoms with Gasteiger partial charge in [-0.05, 0) is 24.1 Å². The lowest BCUT2D eigenvalue weighted by atomic mass is 10.1. The minimum absolute atomic E-state index is 0.277. The fourth-order valence-electron chi connectivity index (χ4n) is 1.40. The minimum Gasteiger partial charge on any atom is -0.478 e. The van der Waals surface area contributed by atoms with Gasteiger partial charge in [0.15, 0.2) is 0 Å². The van der Waals surface area contributed by atoms with E-state index < -0.39 is 15.0 Å². The van der Waals surface area contributed by atoms with Gasteiger partial charge in [-0.15, -0.1) is 0 Å². The van der Waals surface area contributed by atoms with Gasteiger partial charge < -0.3 is 5.11 Å². The Kier molecular flexibility index (Phi) is 3.93. The molecule has 0 atom stereocenters. The molecule has 1 rings (SSSR count). The number of aryl methyl sites for hydroxylation is 1. The Hall–Kier alpha value is -1.07. The Bertz CT molecular complexity index is 508. The lowest BCUT2D eigenvalue weighted by Crippen LogP contribution is -2.05. The standard InChI is InChI=1S/C10H11ClO4S/c1-2-3-7-4-5-9(16(11,14)15)8(6-7)10(12)13/h4-6H,2-3H2,1H3,(H,12,13). The van der Waals surface area contributed by atoms with Gasteiger partial charge in [0.1, 0.15) is 0 Å². The zero-order chi connectivity index (χ0) is 12.3. The Balaban J connectivity index is 3.37. The number of carboxylic acid groups (broad SMARTS) is 1. The molecule has 6 heteroatoms. The van der Waals surface area contributed by atoms with Crippen molar-refractivity contribution >= 4 is 25.7 Å². The number of hydrogen-bond acceptors (Lipinski definition) is 3. The van der Waals surface area contributed by atoms with Crippen LogP contribution in [0, 0.1) is 0 Å². The third-order valence-corrected chi connectivity index (χ3v) is 3.46. The van der Waals surface area contributed by atoms with Crippen LogP contribution in [0.1, 0.15) is 29.3 Å². The maximum atomic E-state index is 11.1. The Morgan fingerprint density at radius 2 is 2.06 bits per heavy atom. The first-order chi connectivity index (χ1) is 7.36. The van der Waals surface area contributed by atoms with Gasteiger partial charge in [0, 0.05) is 10.7 Å². The average Bonchev–Trinajstić information content (AvgIpc) is 2.16. The zero-order valence-electron chi connectivity index (χ0n) is 8.60. The second kappa shape index (κ2) is 4.84. The highest BCUT2D eigenvalue weighted by atomic mass is 35.7. The Labute approximate surface area is 98.3 Å². The molecule has 0 fully saturated rings. The van der Waals surface area contributed by atoms with E-state index in [1.807, 2.05) is 6.92 Å². The van der Waals surface area contributed by atoms with Gasteiger partial charge in [-0.1, -0.05) is 19.4 Å². The van der Waals surface area contributed by atoms with Crippen LogP contribution in [0.15, 0.2) is 23.1 Å². The van der Waals surface area contributed by atoms with E-state index in [-0.39, 0.29) is 10.5 Å². The van der Waals surface area contributed by atoms with Gasteiger partial charge in [-0.3, -0.25) is 0 Å². The van der Waals surface area contributed by atoms with E-state index >= 15 is 0 Å². The molecule has 0 unspecified atom stereocenters. The highest BCUT2D eigenvalue weighted by Gasteiger charge is 2.20. The van der Waals surface area contributed by atoms with Crippen molar-refractivity contribution in [3.63, 3.8) is 0 Å². The van der Waals surface area contributed by atoms with Gasteiger partial charge in [0.2, 0.25) is 0 Å². The van der Waals surface area contributed by atoms with Crippen molar-refractivity contribution in [2.45, 2.75) is 24.7 Å². The second-order valence-electron chi connectivity index (χ2n) is 3.32. The Morgan fingerprint density at radius 3 is 2.50 bits per heavy atom. The summed E-state index contributed by atoms with van der Waals surface area (Å²) in [6, 6.07) is 4.16. The van der Waals surface area contributed by atoms with Crippen LogP contribution in [0.5, 0.6) is 0 Å². The summed E-state index contributed by atoms with van der Waals surface area (Å²) in [4.78, 5) is 10.5. The van der Waals surface area contributed by atoms with Gasteiger partial charge >= 0.3 is 5.97 Å². The van der Waals surface area contributed by atoms with Gasteiger partial charge in [0.25, 0.3) is 9.05 Å². The number of benzene rings is 1. The van der Waals surface area contributed by atoms with Crippen molar-refractivity contribution in [2.75, 3.05) is 0 Å². The third kappa shape index (κ3) is 2.96. The smallest absolute Gasteiger partial charge is 0.337 e. The van der Waals surface area contributed by atoms with Crippen molar-refractivity contribution in [1.82, 2.24) is 0 Å². The van der Waals surface area contributed by atoms with Gasteiger partial charge in [0.05, 0.1) is 10.5 Å². The summed E-state index contributed by atoms with van der Waals surface area (Å²) in [5.74, 6) is -1.29. The summed E-state index contributed by atoms with van der Waals surface area (Å²) in [6.45, 7) is 1.95. The lowest BCUT2D eigenvalue weighted by Gasteiger charge is -2.05. The van der Waals surface area contributed by atoms with Crippen LogP contribution in [0.4, 0.5) is 0 Å². The maximum Gasteiger partial charge on any atom is 0.337 e. The molecular weight excluding hydrogens is 252 g/mol. The third-order valence-electron chi connectivity index (χ3n) is 2.08. The molecule has 0 radical (unpaired) electrons. The summed E-state index contributed by atoms with van der Waals surface area (Å²) in [5.41, 5.74) is 0.505. The van der Waals surface area contributed by atoms with Crippen LogP contribution >= 0.6 is 10.7 Å². The molecule has 88 valence electrons. The molecule has 1 N–H and O–H groups in total. The van der Waals surface area contributed by atoms with Crippen LogP contribution in [-0.2, 0) is 15.5 Å². The van der Waals surface area contributed by atoms with E-state index in [0.717, 1.165) is 12.0 Å². The molecule has 16 heavy (non-hydrogen) atoms. The molecule has 1 aromatic rings. The molecule has 0 amide bonds. The predicted octanol–water partition coefficient (Wildman–Crippen LogP) is 2.26. The van der Waals surface area contributed by atoms with Crippen LogP contribution in [0.2, 0.25) is 0 Å². The molecule has 0 aliphatic carbocycles. The topological polar surface area (TPSA) is 71.4 Å². The highest BCUT2D eigenvalue weighted by Crippen LogP contribution is 2.22. The molecule has 0 aliphatic heterocycles. The molecule has 1 aromatic carbocycles. The SMILES string of the molecule is CCCc1ccc(S(=O)(=O)Cl)c(C(=O)O)c1. The van der Waals surface area contributed by atoms with Gasteiger partial charge in [-0.2, -0.15) is 0 Å². The molecule has 0 aliphatic rings. The van der Waals surface area contributed by atoms with Crippen LogP contribution < -0.4 is 0 Å². The van der Waals surface area contributed by atoms with Crippen molar-refractivity contribution in [1.29, 1.82) is 0 Å². The fourth-order valence-corrected chi connectivity index (χ4v) is 2.44. The monoisotopic (exact) mass is 262 g/mol. The number of hydrogen-bond donors (Lipinski definition) is 1. The van der Waals surface area contributed by atoms with Crippen molar-refractivity contribution in [3.05, 3.63) is 29.3 Å². The molecule has 0 spiro atoms.